The van der Waals surface area contributed by atoms with Crippen LogP contribution in [0.1, 0.15) is 10.4 Å². The molecule has 0 spiro atoms. The Morgan fingerprint density at radius 2 is 2.00 bits per heavy atom. The predicted molar refractivity (Wildman–Crippen MR) is 74.0 cm³/mol. The van der Waals surface area contributed by atoms with E-state index in [0.717, 1.165) is 0 Å². The molecule has 0 radical (unpaired) electrons. The molecule has 0 fully saturated rings. The molecule has 18 heavy (non-hydrogen) atoms. The van der Waals surface area contributed by atoms with Crippen LogP contribution in [0.3, 0.4) is 0 Å². The van der Waals surface area contributed by atoms with E-state index >= 15 is 0 Å². The first-order valence-corrected chi connectivity index (χ1v) is 6.53. The maximum absolute atomic E-state index is 13.5. The Hall–Kier alpha value is -1.27. The third kappa shape index (κ3) is 3.14. The Morgan fingerprint density at radius 1 is 1.22 bits per heavy atom. The van der Waals surface area contributed by atoms with Gasteiger partial charge < -0.3 is 5.32 Å². The molecule has 2 aromatic rings. The van der Waals surface area contributed by atoms with E-state index < -0.39 is 11.7 Å². The van der Waals surface area contributed by atoms with E-state index in [1.165, 1.54) is 18.3 Å². The number of nitrogens with one attached hydrogen (secondary N) is 1. The highest BCUT2D eigenvalue weighted by Crippen LogP contribution is 2.20. The molecule has 2 rings (SSSR count). The standard InChI is InChI=1S/C12H7Br2FN2O/c13-8-2-3-9(15)10(5-8)17-12(18)7-1-4-11(14)16-6-7/h1-6H,(H,17,18). The number of nitrogens with zero attached hydrogens (tertiary/aromatic N) is 1. The minimum atomic E-state index is -0.489. The Labute approximate surface area is 120 Å². The van der Waals surface area contributed by atoms with Gasteiger partial charge in [-0.1, -0.05) is 15.9 Å². The van der Waals surface area contributed by atoms with E-state index in [-0.39, 0.29) is 5.69 Å². The molecule has 0 aliphatic heterocycles. The lowest BCUT2D eigenvalue weighted by molar-refractivity contribution is 0.102. The van der Waals surface area contributed by atoms with Crippen molar-refractivity contribution in [3.63, 3.8) is 0 Å². The largest absolute Gasteiger partial charge is 0.319 e. The van der Waals surface area contributed by atoms with E-state index in [0.29, 0.717) is 14.6 Å². The minimum Gasteiger partial charge on any atom is -0.319 e. The number of carbonyl (C=O) groups excluding carboxylic acids is 1. The zero-order valence-corrected chi connectivity index (χ0v) is 12.1. The van der Waals surface area contributed by atoms with Gasteiger partial charge in [0.25, 0.3) is 5.91 Å². The van der Waals surface area contributed by atoms with Crippen LogP contribution in [0.2, 0.25) is 0 Å². The Balaban J connectivity index is 2.21. The number of carbonyl (C=O) groups is 1. The third-order valence-electron chi connectivity index (χ3n) is 2.17. The number of hydrogen-bond acceptors (Lipinski definition) is 2. The van der Waals surface area contributed by atoms with Gasteiger partial charge in [0.2, 0.25) is 0 Å². The predicted octanol–water partition coefficient (Wildman–Crippen LogP) is 4.00. The van der Waals surface area contributed by atoms with Gasteiger partial charge in [-0.15, -0.1) is 0 Å². The number of benzene rings is 1. The number of aromatic nitrogens is 1. The summed E-state index contributed by atoms with van der Waals surface area (Å²) in [6, 6.07) is 7.58. The van der Waals surface area contributed by atoms with Crippen molar-refractivity contribution in [2.24, 2.45) is 0 Å². The summed E-state index contributed by atoms with van der Waals surface area (Å²) < 4.78 is 14.8. The van der Waals surface area contributed by atoms with Crippen molar-refractivity contribution in [1.82, 2.24) is 4.98 Å². The molecule has 1 aromatic carbocycles. The van der Waals surface area contributed by atoms with Crippen LogP contribution in [0.4, 0.5) is 10.1 Å². The lowest BCUT2D eigenvalue weighted by atomic mass is 10.2. The smallest absolute Gasteiger partial charge is 0.257 e. The third-order valence-corrected chi connectivity index (χ3v) is 3.13. The first-order chi connectivity index (χ1) is 8.56. The quantitative estimate of drug-likeness (QED) is 0.808. The zero-order valence-electron chi connectivity index (χ0n) is 8.95. The lowest BCUT2D eigenvalue weighted by Gasteiger charge is -2.06. The number of rotatable bonds is 2. The van der Waals surface area contributed by atoms with Gasteiger partial charge in [0, 0.05) is 10.7 Å². The summed E-state index contributed by atoms with van der Waals surface area (Å²) in [5.41, 5.74) is 0.481. The first kappa shape index (κ1) is 13.2. The van der Waals surface area contributed by atoms with Crippen molar-refractivity contribution in [2.75, 3.05) is 5.32 Å². The molecular formula is C12H7Br2FN2O. The van der Waals surface area contributed by atoms with Crippen LogP contribution in [0.25, 0.3) is 0 Å². The molecule has 6 heteroatoms. The van der Waals surface area contributed by atoms with E-state index in [2.05, 4.69) is 42.2 Å². The summed E-state index contributed by atoms with van der Waals surface area (Å²) in [5, 5.41) is 2.49. The second-order valence-corrected chi connectivity index (χ2v) is 5.18. The van der Waals surface area contributed by atoms with Crippen LogP contribution in [-0.4, -0.2) is 10.9 Å². The fourth-order valence-electron chi connectivity index (χ4n) is 1.30. The van der Waals surface area contributed by atoms with Crippen LogP contribution >= 0.6 is 31.9 Å². The zero-order chi connectivity index (χ0) is 13.1. The SMILES string of the molecule is O=C(Nc1cc(Br)ccc1F)c1ccc(Br)nc1. The van der Waals surface area contributed by atoms with Gasteiger partial charge in [-0.05, 0) is 46.3 Å². The van der Waals surface area contributed by atoms with Crippen molar-refractivity contribution in [3.8, 4) is 0 Å². The van der Waals surface area contributed by atoms with Crippen molar-refractivity contribution < 1.29 is 9.18 Å². The summed E-state index contributed by atoms with van der Waals surface area (Å²) in [4.78, 5) is 15.8. The molecule has 92 valence electrons. The topological polar surface area (TPSA) is 42.0 Å². The van der Waals surface area contributed by atoms with E-state index in [4.69, 9.17) is 0 Å². The minimum absolute atomic E-state index is 0.122. The van der Waals surface area contributed by atoms with Crippen molar-refractivity contribution in [2.45, 2.75) is 0 Å². The van der Waals surface area contributed by atoms with Gasteiger partial charge in [-0.25, -0.2) is 9.37 Å². The molecule has 0 aliphatic carbocycles. The van der Waals surface area contributed by atoms with Gasteiger partial charge in [-0.2, -0.15) is 0 Å². The Bertz CT molecular complexity index is 587. The molecule has 1 N–H and O–H groups in total. The molecule has 0 unspecified atom stereocenters. The van der Waals surface area contributed by atoms with Crippen LogP contribution in [0.5, 0.6) is 0 Å². The second-order valence-electron chi connectivity index (χ2n) is 3.45. The average molecular weight is 374 g/mol. The normalized spacial score (nSPS) is 10.2. The average Bonchev–Trinajstić information content (AvgIpc) is 2.34. The maximum atomic E-state index is 13.5. The summed E-state index contributed by atoms with van der Waals surface area (Å²) in [5.74, 6) is -0.899. The molecular weight excluding hydrogens is 367 g/mol. The van der Waals surface area contributed by atoms with Gasteiger partial charge in [0.1, 0.15) is 10.4 Å². The van der Waals surface area contributed by atoms with Crippen molar-refractivity contribution >= 4 is 43.5 Å². The maximum Gasteiger partial charge on any atom is 0.257 e. The van der Waals surface area contributed by atoms with Gasteiger partial charge in [-0.3, -0.25) is 4.79 Å². The molecule has 0 aliphatic rings. The van der Waals surface area contributed by atoms with Gasteiger partial charge >= 0.3 is 0 Å². The van der Waals surface area contributed by atoms with Crippen LogP contribution in [0, 0.1) is 5.82 Å². The summed E-state index contributed by atoms with van der Waals surface area (Å²) in [6.07, 6.45) is 1.41. The molecule has 0 saturated carbocycles. The fourth-order valence-corrected chi connectivity index (χ4v) is 1.89. The van der Waals surface area contributed by atoms with Crippen LogP contribution < -0.4 is 5.32 Å². The van der Waals surface area contributed by atoms with Gasteiger partial charge in [0.15, 0.2) is 0 Å². The summed E-state index contributed by atoms with van der Waals surface area (Å²) in [6.45, 7) is 0. The number of amides is 1. The van der Waals surface area contributed by atoms with E-state index in [1.807, 2.05) is 0 Å². The van der Waals surface area contributed by atoms with Crippen molar-refractivity contribution in [1.29, 1.82) is 0 Å². The molecule has 1 heterocycles. The fraction of sp³-hybridized carbons (Fsp3) is 0. The molecule has 3 nitrogen and oxygen atoms in total. The van der Waals surface area contributed by atoms with Crippen molar-refractivity contribution in [3.05, 3.63) is 57.0 Å². The molecule has 0 atom stereocenters. The monoisotopic (exact) mass is 372 g/mol. The van der Waals surface area contributed by atoms with Gasteiger partial charge in [0.05, 0.1) is 11.3 Å². The molecule has 0 bridgehead atoms. The highest BCUT2D eigenvalue weighted by molar-refractivity contribution is 9.10. The highest BCUT2D eigenvalue weighted by Gasteiger charge is 2.10. The number of halogens is 3. The molecule has 1 amide bonds. The second kappa shape index (κ2) is 5.58. The number of pyridine rings is 1. The van der Waals surface area contributed by atoms with Crippen LogP contribution in [-0.2, 0) is 0 Å². The van der Waals surface area contributed by atoms with Crippen LogP contribution in [0.15, 0.2) is 45.6 Å². The number of anilines is 1. The molecule has 1 aromatic heterocycles. The highest BCUT2D eigenvalue weighted by atomic mass is 79.9. The summed E-state index contributed by atoms with van der Waals surface area (Å²) >= 11 is 6.39. The Morgan fingerprint density at radius 3 is 2.67 bits per heavy atom. The number of hydrogen-bond donors (Lipinski definition) is 1. The van der Waals surface area contributed by atoms with E-state index in [1.54, 1.807) is 18.2 Å². The lowest BCUT2D eigenvalue weighted by Crippen LogP contribution is -2.13. The summed E-state index contributed by atoms with van der Waals surface area (Å²) in [7, 11) is 0. The first-order valence-electron chi connectivity index (χ1n) is 4.94. The molecule has 0 saturated heterocycles. The Kier molecular flexibility index (Phi) is 4.08. The van der Waals surface area contributed by atoms with E-state index in [9.17, 15) is 9.18 Å².